The van der Waals surface area contributed by atoms with E-state index in [-0.39, 0.29) is 0 Å². The third kappa shape index (κ3) is 2.92. The average molecular weight is 210 g/mol. The molecule has 2 fully saturated rings. The van der Waals surface area contributed by atoms with Crippen molar-refractivity contribution in [2.75, 3.05) is 26.2 Å². The first kappa shape index (κ1) is 10.9. The molecule has 1 atom stereocenters. The first-order valence-corrected chi connectivity index (χ1v) is 6.08. The Morgan fingerprint density at radius 3 is 2.73 bits per heavy atom. The minimum atomic E-state index is 0.590. The number of hydrazone groups is 1. The maximum absolute atomic E-state index is 4.11. The van der Waals surface area contributed by atoms with E-state index in [1.807, 2.05) is 13.1 Å². The fraction of sp³-hybridized carbons (Fsp3) is 0.909. The number of piperidine rings is 1. The minimum absolute atomic E-state index is 0.590. The van der Waals surface area contributed by atoms with Crippen LogP contribution in [0.1, 0.15) is 26.2 Å². The normalized spacial score (nSPS) is 30.1. The van der Waals surface area contributed by atoms with Crippen molar-refractivity contribution < 1.29 is 0 Å². The molecule has 4 nitrogen and oxygen atoms in total. The fourth-order valence-electron chi connectivity index (χ4n) is 2.52. The molecular weight excluding hydrogens is 188 g/mol. The molecule has 0 aromatic heterocycles. The summed E-state index contributed by atoms with van der Waals surface area (Å²) < 4.78 is 0. The molecule has 0 radical (unpaired) electrons. The molecule has 15 heavy (non-hydrogen) atoms. The molecule has 86 valence electrons. The molecular formula is C11H22N4. The van der Waals surface area contributed by atoms with Crippen LogP contribution in [-0.2, 0) is 0 Å². The van der Waals surface area contributed by atoms with Crippen LogP contribution in [0.5, 0.6) is 0 Å². The maximum Gasteiger partial charge on any atom is 0.0464 e. The molecule has 4 heteroatoms. The molecule has 0 amide bonds. The van der Waals surface area contributed by atoms with Crippen LogP contribution in [-0.4, -0.2) is 49.4 Å². The van der Waals surface area contributed by atoms with Gasteiger partial charge in [-0.15, -0.1) is 0 Å². The van der Waals surface area contributed by atoms with E-state index in [9.17, 15) is 0 Å². The predicted octanol–water partition coefficient (Wildman–Crippen LogP) is 0.408. The van der Waals surface area contributed by atoms with Gasteiger partial charge in [-0.3, -0.25) is 4.90 Å². The summed E-state index contributed by atoms with van der Waals surface area (Å²) in [7, 11) is 0. The van der Waals surface area contributed by atoms with E-state index in [0.717, 1.165) is 6.04 Å². The van der Waals surface area contributed by atoms with Gasteiger partial charge >= 0.3 is 0 Å². The standard InChI is InChI=1S/C11H22N4/c1-2-13-14-10-4-7-15(8-5-10)11-3-6-12-9-11/h2,10-12,14H,3-9H2,1H3/b13-2-. The lowest BCUT2D eigenvalue weighted by Gasteiger charge is -2.35. The molecule has 2 rings (SSSR count). The van der Waals surface area contributed by atoms with Crippen molar-refractivity contribution in [3.8, 4) is 0 Å². The van der Waals surface area contributed by atoms with E-state index in [0.29, 0.717) is 6.04 Å². The van der Waals surface area contributed by atoms with Crippen LogP contribution in [0.3, 0.4) is 0 Å². The maximum atomic E-state index is 4.11. The number of nitrogens with zero attached hydrogens (tertiary/aromatic N) is 2. The van der Waals surface area contributed by atoms with Gasteiger partial charge in [-0.05, 0) is 32.7 Å². The zero-order valence-corrected chi connectivity index (χ0v) is 9.58. The Morgan fingerprint density at radius 1 is 1.33 bits per heavy atom. The molecule has 0 spiro atoms. The Labute approximate surface area is 92.1 Å². The molecule has 0 aliphatic carbocycles. The average Bonchev–Trinajstić information content (AvgIpc) is 2.80. The quantitative estimate of drug-likeness (QED) is 0.523. The van der Waals surface area contributed by atoms with Crippen LogP contribution < -0.4 is 10.7 Å². The van der Waals surface area contributed by atoms with E-state index in [1.165, 1.54) is 45.4 Å². The van der Waals surface area contributed by atoms with Crippen LogP contribution in [0.4, 0.5) is 0 Å². The van der Waals surface area contributed by atoms with Crippen molar-refractivity contribution in [3.05, 3.63) is 0 Å². The number of hydrogen-bond acceptors (Lipinski definition) is 4. The molecule has 2 N–H and O–H groups in total. The van der Waals surface area contributed by atoms with E-state index < -0.39 is 0 Å². The van der Waals surface area contributed by atoms with E-state index in [1.54, 1.807) is 0 Å². The largest absolute Gasteiger partial charge is 0.315 e. The van der Waals surface area contributed by atoms with Crippen LogP contribution in [0.2, 0.25) is 0 Å². The molecule has 2 aliphatic heterocycles. The van der Waals surface area contributed by atoms with Gasteiger partial charge in [-0.2, -0.15) is 5.10 Å². The first-order valence-electron chi connectivity index (χ1n) is 6.08. The second-order valence-corrected chi connectivity index (χ2v) is 4.47. The van der Waals surface area contributed by atoms with Crippen molar-refractivity contribution >= 4 is 6.21 Å². The summed E-state index contributed by atoms with van der Waals surface area (Å²) in [6.07, 6.45) is 5.61. The lowest BCUT2D eigenvalue weighted by Crippen LogP contribution is -2.46. The molecule has 1 unspecified atom stereocenters. The predicted molar refractivity (Wildman–Crippen MR) is 63.2 cm³/mol. The zero-order chi connectivity index (χ0) is 10.5. The van der Waals surface area contributed by atoms with Crippen molar-refractivity contribution in [1.29, 1.82) is 0 Å². The van der Waals surface area contributed by atoms with Gasteiger partial charge in [0.25, 0.3) is 0 Å². The third-order valence-corrected chi connectivity index (χ3v) is 3.47. The van der Waals surface area contributed by atoms with Gasteiger partial charge in [0.05, 0.1) is 0 Å². The Hall–Kier alpha value is -0.610. The summed E-state index contributed by atoms with van der Waals surface area (Å²) in [6, 6.07) is 1.38. The summed E-state index contributed by atoms with van der Waals surface area (Å²) in [6.45, 7) is 6.78. The van der Waals surface area contributed by atoms with Crippen molar-refractivity contribution in [3.63, 3.8) is 0 Å². The monoisotopic (exact) mass is 210 g/mol. The number of hydrogen-bond donors (Lipinski definition) is 2. The first-order chi connectivity index (χ1) is 7.40. The van der Waals surface area contributed by atoms with Gasteiger partial charge < -0.3 is 10.7 Å². The molecule has 0 bridgehead atoms. The SMILES string of the molecule is C/C=N\NC1CCN(C2CCNC2)CC1. The number of likely N-dealkylation sites (tertiary alicyclic amines) is 1. The molecule has 2 heterocycles. The Morgan fingerprint density at radius 2 is 2.13 bits per heavy atom. The van der Waals surface area contributed by atoms with Gasteiger partial charge in [0.2, 0.25) is 0 Å². The van der Waals surface area contributed by atoms with Gasteiger partial charge in [0, 0.05) is 37.9 Å². The highest BCUT2D eigenvalue weighted by molar-refractivity contribution is 5.52. The van der Waals surface area contributed by atoms with E-state index >= 15 is 0 Å². The highest BCUT2D eigenvalue weighted by atomic mass is 15.3. The molecule has 0 aromatic rings. The summed E-state index contributed by atoms with van der Waals surface area (Å²) in [5, 5.41) is 7.55. The van der Waals surface area contributed by atoms with Gasteiger partial charge in [-0.1, -0.05) is 0 Å². The fourth-order valence-corrected chi connectivity index (χ4v) is 2.52. The van der Waals surface area contributed by atoms with Crippen molar-refractivity contribution in [2.45, 2.75) is 38.3 Å². The van der Waals surface area contributed by atoms with Crippen molar-refractivity contribution in [2.24, 2.45) is 5.10 Å². The van der Waals surface area contributed by atoms with Gasteiger partial charge in [-0.25, -0.2) is 0 Å². The lowest BCUT2D eigenvalue weighted by atomic mass is 10.0. The molecule has 0 saturated carbocycles. The van der Waals surface area contributed by atoms with Crippen LogP contribution >= 0.6 is 0 Å². The topological polar surface area (TPSA) is 39.7 Å². The summed E-state index contributed by atoms with van der Waals surface area (Å²) in [5.74, 6) is 0. The third-order valence-electron chi connectivity index (χ3n) is 3.47. The van der Waals surface area contributed by atoms with Crippen LogP contribution in [0.15, 0.2) is 5.10 Å². The zero-order valence-electron chi connectivity index (χ0n) is 9.58. The second-order valence-electron chi connectivity index (χ2n) is 4.47. The minimum Gasteiger partial charge on any atom is -0.315 e. The van der Waals surface area contributed by atoms with Gasteiger partial charge in [0.15, 0.2) is 0 Å². The highest BCUT2D eigenvalue weighted by Crippen LogP contribution is 2.16. The summed E-state index contributed by atoms with van der Waals surface area (Å²) in [5.41, 5.74) is 3.21. The lowest BCUT2D eigenvalue weighted by molar-refractivity contribution is 0.152. The highest BCUT2D eigenvalue weighted by Gasteiger charge is 2.26. The summed E-state index contributed by atoms with van der Waals surface area (Å²) in [4.78, 5) is 2.63. The Bertz CT molecular complexity index is 203. The van der Waals surface area contributed by atoms with E-state index in [2.05, 4.69) is 20.7 Å². The van der Waals surface area contributed by atoms with Gasteiger partial charge in [0.1, 0.15) is 0 Å². The molecule has 0 aromatic carbocycles. The van der Waals surface area contributed by atoms with E-state index in [4.69, 9.17) is 0 Å². The second kappa shape index (κ2) is 5.47. The molecule has 2 aliphatic rings. The van der Waals surface area contributed by atoms with Crippen LogP contribution in [0, 0.1) is 0 Å². The Kier molecular flexibility index (Phi) is 3.97. The van der Waals surface area contributed by atoms with Crippen molar-refractivity contribution in [1.82, 2.24) is 15.6 Å². The Balaban J connectivity index is 1.71. The number of nitrogens with one attached hydrogen (secondary N) is 2. The smallest absolute Gasteiger partial charge is 0.0464 e. The summed E-state index contributed by atoms with van der Waals surface area (Å²) >= 11 is 0. The molecule has 2 saturated heterocycles. The van der Waals surface area contributed by atoms with Crippen LogP contribution in [0.25, 0.3) is 0 Å². The number of rotatable bonds is 3.